The van der Waals surface area contributed by atoms with Crippen LogP contribution in [0, 0.1) is 17.5 Å². The van der Waals surface area contributed by atoms with Crippen LogP contribution >= 0.6 is 0 Å². The summed E-state index contributed by atoms with van der Waals surface area (Å²) in [7, 11) is 0. The highest BCUT2D eigenvalue weighted by Gasteiger charge is 2.66. The van der Waals surface area contributed by atoms with Gasteiger partial charge in [0.1, 0.15) is 12.1 Å². The van der Waals surface area contributed by atoms with E-state index in [4.69, 9.17) is 5.73 Å². The van der Waals surface area contributed by atoms with Crippen LogP contribution in [-0.2, 0) is 16.8 Å². The Labute approximate surface area is 179 Å². The Morgan fingerprint density at radius 2 is 1.88 bits per heavy atom. The van der Waals surface area contributed by atoms with E-state index in [0.717, 1.165) is 11.0 Å². The molecule has 0 unspecified atom stereocenters. The van der Waals surface area contributed by atoms with Crippen molar-refractivity contribution < 1.29 is 31.1 Å². The summed E-state index contributed by atoms with van der Waals surface area (Å²) in [5, 5.41) is 4.04. The van der Waals surface area contributed by atoms with Gasteiger partial charge in [0.25, 0.3) is 0 Å². The van der Waals surface area contributed by atoms with Crippen molar-refractivity contribution in [2.45, 2.75) is 62.3 Å². The largest absolute Gasteiger partial charge is 0.413 e. The lowest BCUT2D eigenvalue weighted by molar-refractivity contribution is -0.182. The van der Waals surface area contributed by atoms with Crippen molar-refractivity contribution in [3.05, 3.63) is 47.3 Å². The number of likely N-dealkylation sites (tertiary alicyclic amines) is 1. The van der Waals surface area contributed by atoms with Gasteiger partial charge in [-0.1, -0.05) is 0 Å². The minimum atomic E-state index is -4.44. The minimum absolute atomic E-state index is 0.0675. The van der Waals surface area contributed by atoms with Crippen molar-refractivity contribution in [2.24, 2.45) is 5.73 Å². The molecule has 1 saturated carbocycles. The molecule has 1 aromatic carbocycles. The number of hydrogen-bond acceptors (Lipinski definition) is 4. The van der Waals surface area contributed by atoms with Gasteiger partial charge in [-0.25, -0.2) is 22.8 Å². The molecular weight excluding hydrogens is 440 g/mol. The monoisotopic (exact) mass is 461 g/mol. The van der Waals surface area contributed by atoms with Crippen LogP contribution in [0.1, 0.15) is 49.5 Å². The van der Waals surface area contributed by atoms with Gasteiger partial charge in [-0.15, -0.1) is 0 Å². The SMILES string of the molecule is N[C@@H](CC(=O)N1CCC[C@H]1c1ncn(C2(C(F)(F)F)CC2)n1)Cc1cc(F)c(F)cc1F. The van der Waals surface area contributed by atoms with Gasteiger partial charge >= 0.3 is 6.18 Å². The van der Waals surface area contributed by atoms with E-state index >= 15 is 0 Å². The summed E-state index contributed by atoms with van der Waals surface area (Å²) < 4.78 is 81.1. The van der Waals surface area contributed by atoms with Crippen molar-refractivity contribution in [3.63, 3.8) is 0 Å². The van der Waals surface area contributed by atoms with Crippen LogP contribution in [0.15, 0.2) is 18.5 Å². The number of carbonyl (C=O) groups is 1. The van der Waals surface area contributed by atoms with Crippen molar-refractivity contribution >= 4 is 5.91 Å². The quantitative estimate of drug-likeness (QED) is 0.529. The van der Waals surface area contributed by atoms with Gasteiger partial charge in [0, 0.05) is 25.1 Å². The Morgan fingerprint density at radius 3 is 2.53 bits per heavy atom. The molecule has 6 nitrogen and oxygen atoms in total. The maximum Gasteiger partial charge on any atom is 0.413 e. The first-order valence-electron chi connectivity index (χ1n) is 10.2. The number of nitrogens with two attached hydrogens (primary N) is 1. The van der Waals surface area contributed by atoms with Crippen LogP contribution in [0.4, 0.5) is 26.3 Å². The average molecular weight is 461 g/mol. The highest BCUT2D eigenvalue weighted by Crippen LogP contribution is 2.55. The molecule has 1 amide bonds. The lowest BCUT2D eigenvalue weighted by Crippen LogP contribution is -2.37. The van der Waals surface area contributed by atoms with Crippen molar-refractivity contribution in [3.8, 4) is 0 Å². The number of nitrogens with zero attached hydrogens (tertiary/aromatic N) is 4. The third-order valence-corrected chi connectivity index (χ3v) is 6.08. The number of halogens is 6. The molecule has 4 rings (SSSR count). The van der Waals surface area contributed by atoms with Crippen LogP contribution in [-0.4, -0.2) is 44.3 Å². The lowest BCUT2D eigenvalue weighted by Gasteiger charge is -2.24. The van der Waals surface area contributed by atoms with Gasteiger partial charge in [-0.05, 0) is 43.7 Å². The Kier molecular flexibility index (Phi) is 5.68. The van der Waals surface area contributed by atoms with Crippen LogP contribution in [0.25, 0.3) is 0 Å². The van der Waals surface area contributed by atoms with E-state index in [1.807, 2.05) is 0 Å². The fourth-order valence-electron chi connectivity index (χ4n) is 4.15. The first-order valence-corrected chi connectivity index (χ1v) is 10.2. The highest BCUT2D eigenvalue weighted by atomic mass is 19.4. The fraction of sp³-hybridized carbons (Fsp3) is 0.550. The van der Waals surface area contributed by atoms with E-state index in [1.165, 1.54) is 4.90 Å². The summed E-state index contributed by atoms with van der Waals surface area (Å²) in [5.74, 6) is -3.75. The summed E-state index contributed by atoms with van der Waals surface area (Å²) in [4.78, 5) is 18.3. The summed E-state index contributed by atoms with van der Waals surface area (Å²) >= 11 is 0. The Morgan fingerprint density at radius 1 is 1.19 bits per heavy atom. The zero-order chi connectivity index (χ0) is 23.3. The molecule has 2 fully saturated rings. The molecule has 2 atom stereocenters. The van der Waals surface area contributed by atoms with E-state index in [2.05, 4.69) is 10.1 Å². The Balaban J connectivity index is 1.43. The van der Waals surface area contributed by atoms with Crippen LogP contribution in [0.2, 0.25) is 0 Å². The molecule has 12 heteroatoms. The Bertz CT molecular complexity index is 1020. The molecule has 1 aromatic heterocycles. The molecule has 174 valence electrons. The number of carbonyl (C=O) groups excluding carboxylic acids is 1. The molecule has 2 N–H and O–H groups in total. The molecule has 2 aromatic rings. The summed E-state index contributed by atoms with van der Waals surface area (Å²) in [5.41, 5.74) is 3.77. The van der Waals surface area contributed by atoms with E-state index in [0.29, 0.717) is 31.5 Å². The molecule has 1 aliphatic carbocycles. The number of rotatable bonds is 6. The summed E-state index contributed by atoms with van der Waals surface area (Å²) in [6, 6.07) is -0.322. The van der Waals surface area contributed by atoms with Gasteiger partial charge in [0.05, 0.1) is 6.04 Å². The minimum Gasteiger partial charge on any atom is -0.332 e. The van der Waals surface area contributed by atoms with E-state index < -0.39 is 47.2 Å². The van der Waals surface area contributed by atoms with Crippen molar-refractivity contribution in [2.75, 3.05) is 6.54 Å². The van der Waals surface area contributed by atoms with Crippen molar-refractivity contribution in [1.82, 2.24) is 19.7 Å². The Hall–Kier alpha value is -2.63. The maximum absolute atomic E-state index is 13.8. The van der Waals surface area contributed by atoms with Crippen LogP contribution < -0.4 is 5.73 Å². The third-order valence-electron chi connectivity index (χ3n) is 6.08. The van der Waals surface area contributed by atoms with Gasteiger partial charge in [-0.3, -0.25) is 4.79 Å². The molecule has 2 heterocycles. The molecular formula is C20H21F6N5O. The van der Waals surface area contributed by atoms with Crippen LogP contribution in [0.3, 0.4) is 0 Å². The fourth-order valence-corrected chi connectivity index (χ4v) is 4.15. The second kappa shape index (κ2) is 8.05. The van der Waals surface area contributed by atoms with E-state index in [1.54, 1.807) is 0 Å². The van der Waals surface area contributed by atoms with E-state index in [-0.39, 0.29) is 37.1 Å². The maximum atomic E-state index is 13.8. The summed E-state index contributed by atoms with van der Waals surface area (Å²) in [6.45, 7) is 0.356. The average Bonchev–Trinajstić information content (AvgIpc) is 3.16. The van der Waals surface area contributed by atoms with Gasteiger partial charge in [-0.2, -0.15) is 18.3 Å². The number of alkyl halides is 3. The molecule has 0 radical (unpaired) electrons. The lowest BCUT2D eigenvalue weighted by atomic mass is 10.0. The molecule has 0 spiro atoms. The molecule has 1 saturated heterocycles. The van der Waals surface area contributed by atoms with Gasteiger partial charge < -0.3 is 10.6 Å². The predicted molar refractivity (Wildman–Crippen MR) is 99.6 cm³/mol. The second-order valence-electron chi connectivity index (χ2n) is 8.35. The third kappa shape index (κ3) is 4.07. The van der Waals surface area contributed by atoms with Gasteiger partial charge in [0.15, 0.2) is 23.0 Å². The smallest absolute Gasteiger partial charge is 0.332 e. The zero-order valence-electron chi connectivity index (χ0n) is 16.9. The molecule has 0 bridgehead atoms. The van der Waals surface area contributed by atoms with Crippen molar-refractivity contribution in [1.29, 1.82) is 0 Å². The highest BCUT2D eigenvalue weighted by molar-refractivity contribution is 5.77. The first-order chi connectivity index (χ1) is 15.0. The molecule has 1 aliphatic heterocycles. The van der Waals surface area contributed by atoms with Gasteiger partial charge in [0.2, 0.25) is 5.91 Å². The predicted octanol–water partition coefficient (Wildman–Crippen LogP) is 3.37. The topological polar surface area (TPSA) is 77.0 Å². The standard InChI is InChI=1S/C20H21F6N5O/c21-13-9-15(23)14(22)7-11(13)6-12(27)8-17(32)30-5-1-2-16(30)18-28-10-31(29-18)19(3-4-19)20(24,25)26/h7,9-10,12,16H,1-6,8,27H2/t12-,16+/m1/s1. The molecule has 2 aliphatic rings. The normalized spacial score (nSPS) is 21.1. The number of benzene rings is 1. The number of aromatic nitrogens is 3. The second-order valence-corrected chi connectivity index (χ2v) is 8.35. The first kappa shape index (κ1) is 22.6. The number of hydrogen-bond donors (Lipinski definition) is 1. The number of amides is 1. The molecule has 32 heavy (non-hydrogen) atoms. The summed E-state index contributed by atoms with van der Waals surface area (Å²) in [6.07, 6.45) is -2.82. The zero-order valence-corrected chi connectivity index (χ0v) is 16.9. The van der Waals surface area contributed by atoms with E-state index in [9.17, 15) is 31.1 Å². The van der Waals surface area contributed by atoms with Crippen LogP contribution in [0.5, 0.6) is 0 Å².